The Morgan fingerprint density at radius 1 is 1.08 bits per heavy atom. The molecule has 1 atom stereocenters. The molecule has 0 bridgehead atoms. The van der Waals surface area contributed by atoms with Gasteiger partial charge in [-0.05, 0) is 25.3 Å². The molecular formula is C20H26N4O. The first kappa shape index (κ1) is 17.4. The van der Waals surface area contributed by atoms with E-state index in [0.717, 1.165) is 43.5 Å². The van der Waals surface area contributed by atoms with Crippen molar-refractivity contribution in [1.82, 2.24) is 14.9 Å². The van der Waals surface area contributed by atoms with Crippen LogP contribution in [0.5, 0.6) is 0 Å². The molecule has 1 aromatic carbocycles. The van der Waals surface area contributed by atoms with E-state index in [9.17, 15) is 4.79 Å². The molecule has 1 aliphatic rings. The molecule has 1 fully saturated rings. The van der Waals surface area contributed by atoms with Gasteiger partial charge in [-0.1, -0.05) is 37.3 Å². The van der Waals surface area contributed by atoms with Crippen molar-refractivity contribution in [3.63, 3.8) is 0 Å². The van der Waals surface area contributed by atoms with Gasteiger partial charge in [-0.3, -0.25) is 4.79 Å². The fraction of sp³-hybridized carbons (Fsp3) is 0.450. The molecule has 5 nitrogen and oxygen atoms in total. The van der Waals surface area contributed by atoms with Gasteiger partial charge in [-0.25, -0.2) is 9.97 Å². The third-order valence-corrected chi connectivity index (χ3v) is 4.76. The number of anilines is 1. The summed E-state index contributed by atoms with van der Waals surface area (Å²) in [5.41, 5.74) is 2.21. The number of aromatic nitrogens is 2. The lowest BCUT2D eigenvalue weighted by Crippen LogP contribution is -2.49. The van der Waals surface area contributed by atoms with Crippen LogP contribution in [-0.4, -0.2) is 47.0 Å². The zero-order valence-corrected chi connectivity index (χ0v) is 15.3. The van der Waals surface area contributed by atoms with Crippen LogP contribution < -0.4 is 4.90 Å². The molecule has 1 unspecified atom stereocenters. The molecule has 2 aromatic rings. The van der Waals surface area contributed by atoms with Crippen molar-refractivity contribution in [3.8, 4) is 0 Å². The Morgan fingerprint density at radius 2 is 1.76 bits per heavy atom. The summed E-state index contributed by atoms with van der Waals surface area (Å²) in [5.74, 6) is 2.25. The van der Waals surface area contributed by atoms with E-state index in [4.69, 9.17) is 0 Å². The van der Waals surface area contributed by atoms with E-state index in [2.05, 4.69) is 33.9 Å². The normalized spacial score (nSPS) is 16.0. The number of aryl methyl sites for hydroxylation is 2. The van der Waals surface area contributed by atoms with E-state index in [1.807, 2.05) is 43.0 Å². The SMILES string of the molecule is Cc1cc(N2CCN(C(=O)CC(C)c3ccccc3)CC2)nc(C)n1. The van der Waals surface area contributed by atoms with Crippen molar-refractivity contribution in [2.45, 2.75) is 33.1 Å². The molecule has 0 N–H and O–H groups in total. The number of hydrogen-bond donors (Lipinski definition) is 0. The summed E-state index contributed by atoms with van der Waals surface area (Å²) >= 11 is 0. The number of carbonyl (C=O) groups is 1. The second-order valence-corrected chi connectivity index (χ2v) is 6.80. The molecule has 0 radical (unpaired) electrons. The van der Waals surface area contributed by atoms with E-state index >= 15 is 0 Å². The fourth-order valence-corrected chi connectivity index (χ4v) is 3.33. The maximum Gasteiger partial charge on any atom is 0.223 e. The average Bonchev–Trinajstić information content (AvgIpc) is 2.61. The number of benzene rings is 1. The molecule has 1 aliphatic heterocycles. The molecule has 132 valence electrons. The fourth-order valence-electron chi connectivity index (χ4n) is 3.33. The molecule has 5 heteroatoms. The largest absolute Gasteiger partial charge is 0.353 e. The lowest BCUT2D eigenvalue weighted by atomic mass is 9.97. The lowest BCUT2D eigenvalue weighted by molar-refractivity contribution is -0.131. The van der Waals surface area contributed by atoms with Gasteiger partial charge in [-0.2, -0.15) is 0 Å². The molecule has 0 saturated carbocycles. The van der Waals surface area contributed by atoms with Gasteiger partial charge in [0.2, 0.25) is 5.91 Å². The molecular weight excluding hydrogens is 312 g/mol. The Kier molecular flexibility index (Phi) is 5.31. The van der Waals surface area contributed by atoms with E-state index in [1.54, 1.807) is 0 Å². The Balaban J connectivity index is 1.55. The van der Waals surface area contributed by atoms with E-state index in [0.29, 0.717) is 6.42 Å². The zero-order valence-electron chi connectivity index (χ0n) is 15.3. The van der Waals surface area contributed by atoms with Gasteiger partial charge in [0.1, 0.15) is 11.6 Å². The Bertz CT molecular complexity index is 703. The highest BCUT2D eigenvalue weighted by atomic mass is 16.2. The minimum atomic E-state index is 0.242. The van der Waals surface area contributed by atoms with Gasteiger partial charge in [0, 0.05) is 44.4 Å². The molecule has 1 saturated heterocycles. The van der Waals surface area contributed by atoms with Crippen molar-refractivity contribution < 1.29 is 4.79 Å². The standard InChI is InChI=1S/C20H26N4O/c1-15(18-7-5-4-6-8-18)13-20(25)24-11-9-23(10-12-24)19-14-16(2)21-17(3)22-19/h4-8,14-15H,9-13H2,1-3H3. The van der Waals surface area contributed by atoms with Crippen LogP contribution in [-0.2, 0) is 4.79 Å². The van der Waals surface area contributed by atoms with Crippen LogP contribution in [0.2, 0.25) is 0 Å². The van der Waals surface area contributed by atoms with Crippen LogP contribution >= 0.6 is 0 Å². The molecule has 0 spiro atoms. The average molecular weight is 338 g/mol. The van der Waals surface area contributed by atoms with Crippen molar-refractivity contribution in [2.24, 2.45) is 0 Å². The van der Waals surface area contributed by atoms with Crippen molar-refractivity contribution in [1.29, 1.82) is 0 Å². The van der Waals surface area contributed by atoms with E-state index in [1.165, 1.54) is 5.56 Å². The quantitative estimate of drug-likeness (QED) is 0.860. The minimum absolute atomic E-state index is 0.242. The smallest absolute Gasteiger partial charge is 0.223 e. The second kappa shape index (κ2) is 7.64. The van der Waals surface area contributed by atoms with Crippen LogP contribution in [0.3, 0.4) is 0 Å². The topological polar surface area (TPSA) is 49.3 Å². The monoisotopic (exact) mass is 338 g/mol. The number of rotatable bonds is 4. The predicted molar refractivity (Wildman–Crippen MR) is 99.8 cm³/mol. The number of carbonyl (C=O) groups excluding carboxylic acids is 1. The van der Waals surface area contributed by atoms with Crippen molar-refractivity contribution in [3.05, 3.63) is 53.5 Å². The summed E-state index contributed by atoms with van der Waals surface area (Å²) < 4.78 is 0. The summed E-state index contributed by atoms with van der Waals surface area (Å²) in [5, 5.41) is 0. The highest BCUT2D eigenvalue weighted by Crippen LogP contribution is 2.21. The van der Waals surface area contributed by atoms with Crippen LogP contribution in [0.25, 0.3) is 0 Å². The van der Waals surface area contributed by atoms with Gasteiger partial charge in [0.05, 0.1) is 0 Å². The van der Waals surface area contributed by atoms with Crippen LogP contribution in [0.1, 0.15) is 36.3 Å². The molecule has 0 aliphatic carbocycles. The maximum atomic E-state index is 12.6. The number of piperazine rings is 1. The van der Waals surface area contributed by atoms with Gasteiger partial charge in [-0.15, -0.1) is 0 Å². The third-order valence-electron chi connectivity index (χ3n) is 4.76. The van der Waals surface area contributed by atoms with Gasteiger partial charge < -0.3 is 9.80 Å². The Morgan fingerprint density at radius 3 is 2.40 bits per heavy atom. The lowest BCUT2D eigenvalue weighted by Gasteiger charge is -2.36. The van der Waals surface area contributed by atoms with Crippen LogP contribution in [0.15, 0.2) is 36.4 Å². The molecule has 2 heterocycles. The molecule has 1 amide bonds. The summed E-state index contributed by atoms with van der Waals surface area (Å²) in [4.78, 5) is 25.7. The number of amides is 1. The molecule has 25 heavy (non-hydrogen) atoms. The maximum absolute atomic E-state index is 12.6. The van der Waals surface area contributed by atoms with E-state index < -0.39 is 0 Å². The number of hydrogen-bond acceptors (Lipinski definition) is 4. The highest BCUT2D eigenvalue weighted by Gasteiger charge is 2.23. The van der Waals surface area contributed by atoms with Gasteiger partial charge in [0.15, 0.2) is 0 Å². The molecule has 1 aromatic heterocycles. The predicted octanol–water partition coefficient (Wildman–Crippen LogP) is 2.94. The Hall–Kier alpha value is -2.43. The highest BCUT2D eigenvalue weighted by molar-refractivity contribution is 5.77. The van der Waals surface area contributed by atoms with E-state index in [-0.39, 0.29) is 11.8 Å². The molecule has 3 rings (SSSR count). The zero-order chi connectivity index (χ0) is 17.8. The second-order valence-electron chi connectivity index (χ2n) is 6.80. The van der Waals surface area contributed by atoms with Gasteiger partial charge >= 0.3 is 0 Å². The summed E-state index contributed by atoms with van der Waals surface area (Å²) in [6.07, 6.45) is 0.565. The van der Waals surface area contributed by atoms with Gasteiger partial charge in [0.25, 0.3) is 0 Å². The summed E-state index contributed by atoms with van der Waals surface area (Å²) in [6, 6.07) is 12.3. The van der Waals surface area contributed by atoms with Crippen molar-refractivity contribution in [2.75, 3.05) is 31.1 Å². The third kappa shape index (κ3) is 4.35. The number of nitrogens with zero attached hydrogens (tertiary/aromatic N) is 4. The van der Waals surface area contributed by atoms with Crippen LogP contribution in [0.4, 0.5) is 5.82 Å². The Labute approximate surface area is 149 Å². The minimum Gasteiger partial charge on any atom is -0.353 e. The van der Waals surface area contributed by atoms with Crippen LogP contribution in [0, 0.1) is 13.8 Å². The van der Waals surface area contributed by atoms with Crippen molar-refractivity contribution >= 4 is 11.7 Å². The summed E-state index contributed by atoms with van der Waals surface area (Å²) in [6.45, 7) is 9.17. The first-order chi connectivity index (χ1) is 12.0. The first-order valence-electron chi connectivity index (χ1n) is 8.93. The first-order valence-corrected chi connectivity index (χ1v) is 8.93. The summed E-state index contributed by atoms with van der Waals surface area (Å²) in [7, 11) is 0.